The second-order valence-electron chi connectivity index (χ2n) is 7.73. The second-order valence-corrected chi connectivity index (χ2v) is 11.4. The van der Waals surface area contributed by atoms with Gasteiger partial charge in [0.05, 0.1) is 17.7 Å². The van der Waals surface area contributed by atoms with Gasteiger partial charge in [0.1, 0.15) is 10.6 Å². The summed E-state index contributed by atoms with van der Waals surface area (Å²) in [5, 5.41) is 7.62. The molecule has 4 aromatic rings. The van der Waals surface area contributed by atoms with Crippen molar-refractivity contribution in [3.63, 3.8) is 0 Å². The van der Waals surface area contributed by atoms with Crippen LogP contribution < -0.4 is 14.8 Å². The highest BCUT2D eigenvalue weighted by Crippen LogP contribution is 2.34. The van der Waals surface area contributed by atoms with Crippen molar-refractivity contribution in [3.8, 4) is 16.3 Å². The zero-order chi connectivity index (χ0) is 23.3. The molecule has 2 N–H and O–H groups in total. The lowest BCUT2D eigenvalue weighted by Crippen LogP contribution is -2.25. The quantitative estimate of drug-likeness (QED) is 0.219. The molecule has 0 bridgehead atoms. The van der Waals surface area contributed by atoms with Crippen LogP contribution in [0.5, 0.6) is 5.75 Å². The van der Waals surface area contributed by atoms with Gasteiger partial charge in [-0.15, -0.1) is 35.1 Å². The molecular weight excluding hydrogens is 510 g/mol. The van der Waals surface area contributed by atoms with Gasteiger partial charge in [-0.2, -0.15) is 0 Å². The number of hydrogen-bond acceptors (Lipinski definition) is 7. The molecule has 2 heterocycles. The van der Waals surface area contributed by atoms with Crippen LogP contribution in [0.1, 0.15) is 24.8 Å². The van der Waals surface area contributed by atoms with E-state index in [1.807, 2.05) is 13.0 Å². The average molecular weight is 538 g/mol. The minimum Gasteiger partial charge on any atom is -0.495 e. The number of benzene rings is 2. The molecular formula is C24H28ClN3O3S3. The van der Waals surface area contributed by atoms with Crippen molar-refractivity contribution >= 4 is 60.3 Å². The normalized spacial score (nSPS) is 11.4. The molecule has 0 atom stereocenters. The molecule has 0 spiro atoms. The van der Waals surface area contributed by atoms with Gasteiger partial charge in [0, 0.05) is 23.2 Å². The maximum absolute atomic E-state index is 12.6. The number of nitrogens with zero attached hydrogens (tertiary/aromatic N) is 1. The van der Waals surface area contributed by atoms with E-state index >= 15 is 0 Å². The number of methoxy groups -OCH3 is 1. The van der Waals surface area contributed by atoms with Gasteiger partial charge in [0.2, 0.25) is 10.0 Å². The van der Waals surface area contributed by atoms with Crippen LogP contribution >= 0.6 is 35.1 Å². The number of ether oxygens (including phenoxy) is 1. The summed E-state index contributed by atoms with van der Waals surface area (Å²) in [6.45, 7) is 3.06. The Morgan fingerprint density at radius 1 is 1.03 bits per heavy atom. The van der Waals surface area contributed by atoms with Gasteiger partial charge >= 0.3 is 0 Å². The molecule has 6 nitrogen and oxygen atoms in total. The zero-order valence-corrected chi connectivity index (χ0v) is 22.3. The van der Waals surface area contributed by atoms with E-state index in [2.05, 4.69) is 45.8 Å². The summed E-state index contributed by atoms with van der Waals surface area (Å²) >= 11 is 3.37. The Morgan fingerprint density at radius 2 is 1.82 bits per heavy atom. The standard InChI is InChI=1S/C24H27N3O3S3.ClH/c1-17-10-11-20(30-2)23(14-17)33(28,29)26-13-7-3-6-12-25-24-27-19(16-31-24)22-15-18-8-4-5-9-21(18)32-22;/h4-5,8-11,14-16,26H,3,6-7,12-13H2,1-2H3,(H,25,27);1H. The van der Waals surface area contributed by atoms with Crippen LogP contribution in [0.25, 0.3) is 20.7 Å². The first-order valence-electron chi connectivity index (χ1n) is 10.8. The summed E-state index contributed by atoms with van der Waals surface area (Å²) in [4.78, 5) is 6.08. The Balaban J connectivity index is 0.00000324. The first-order valence-corrected chi connectivity index (χ1v) is 14.0. The molecule has 0 unspecified atom stereocenters. The molecule has 0 fully saturated rings. The number of halogens is 1. The minimum atomic E-state index is -3.59. The Kier molecular flexibility index (Phi) is 9.32. The molecule has 0 aliphatic carbocycles. The van der Waals surface area contributed by atoms with Gasteiger partial charge < -0.3 is 10.1 Å². The van der Waals surface area contributed by atoms with Gasteiger partial charge in [-0.25, -0.2) is 18.1 Å². The molecule has 0 saturated carbocycles. The lowest BCUT2D eigenvalue weighted by molar-refractivity contribution is 0.402. The van der Waals surface area contributed by atoms with Gasteiger partial charge in [-0.1, -0.05) is 30.7 Å². The van der Waals surface area contributed by atoms with Crippen molar-refractivity contribution in [2.45, 2.75) is 31.1 Å². The fourth-order valence-electron chi connectivity index (χ4n) is 3.48. The fraction of sp³-hybridized carbons (Fsp3) is 0.292. The number of anilines is 1. The van der Waals surface area contributed by atoms with Crippen LogP contribution in [0.3, 0.4) is 0 Å². The molecule has 4 rings (SSSR count). The molecule has 34 heavy (non-hydrogen) atoms. The van der Waals surface area contributed by atoms with Crippen LogP contribution in [-0.2, 0) is 10.0 Å². The third kappa shape index (κ3) is 6.49. The number of aryl methyl sites for hydroxylation is 1. The third-order valence-corrected chi connectivity index (χ3v) is 8.63. The van der Waals surface area contributed by atoms with Gasteiger partial charge in [-0.05, 0) is 55.0 Å². The van der Waals surface area contributed by atoms with Crippen LogP contribution in [0, 0.1) is 6.92 Å². The van der Waals surface area contributed by atoms with Gasteiger partial charge in [0.15, 0.2) is 5.13 Å². The zero-order valence-electron chi connectivity index (χ0n) is 19.0. The fourth-order valence-corrected chi connectivity index (χ4v) is 6.64. The summed E-state index contributed by atoms with van der Waals surface area (Å²) in [5.41, 5.74) is 1.88. The Labute approximate surface area is 214 Å². The van der Waals surface area contributed by atoms with E-state index in [0.29, 0.717) is 12.3 Å². The number of hydrogen-bond donors (Lipinski definition) is 2. The summed E-state index contributed by atoms with van der Waals surface area (Å²) in [5.74, 6) is 0.357. The maximum atomic E-state index is 12.6. The van der Waals surface area contributed by atoms with Crippen LogP contribution in [0.15, 0.2) is 58.8 Å². The SMILES string of the molecule is COc1ccc(C)cc1S(=O)(=O)NCCCCCNc1nc(-c2cc3ccccc3s2)cs1.Cl. The topological polar surface area (TPSA) is 80.3 Å². The number of fused-ring (bicyclic) bond motifs is 1. The van der Waals surface area contributed by atoms with Crippen molar-refractivity contribution in [1.82, 2.24) is 9.71 Å². The van der Waals surface area contributed by atoms with Crippen molar-refractivity contribution in [2.24, 2.45) is 0 Å². The first-order chi connectivity index (χ1) is 16.0. The highest BCUT2D eigenvalue weighted by atomic mass is 35.5. The van der Waals surface area contributed by atoms with Gasteiger partial charge in [0.25, 0.3) is 0 Å². The Hall–Kier alpha value is -2.17. The van der Waals surface area contributed by atoms with Crippen LogP contribution in [0.2, 0.25) is 0 Å². The van der Waals surface area contributed by atoms with E-state index in [1.165, 1.54) is 22.1 Å². The van der Waals surface area contributed by atoms with Crippen molar-refractivity contribution in [2.75, 3.05) is 25.5 Å². The number of unbranched alkanes of at least 4 members (excludes halogenated alkanes) is 2. The molecule has 10 heteroatoms. The minimum absolute atomic E-state index is 0. The number of aromatic nitrogens is 1. The van der Waals surface area contributed by atoms with E-state index in [4.69, 9.17) is 9.72 Å². The van der Waals surface area contributed by atoms with E-state index < -0.39 is 10.0 Å². The lowest BCUT2D eigenvalue weighted by atomic mass is 10.2. The van der Waals surface area contributed by atoms with Crippen molar-refractivity contribution < 1.29 is 13.2 Å². The van der Waals surface area contributed by atoms with E-state index in [9.17, 15) is 8.42 Å². The van der Waals surface area contributed by atoms with Crippen molar-refractivity contribution in [3.05, 3.63) is 59.5 Å². The molecule has 0 aliphatic heterocycles. The molecule has 182 valence electrons. The average Bonchev–Trinajstić information content (AvgIpc) is 3.45. The molecule has 0 aliphatic rings. The number of rotatable bonds is 11. The second kappa shape index (κ2) is 12.0. The Bertz CT molecular complexity index is 1300. The van der Waals surface area contributed by atoms with E-state index in [1.54, 1.807) is 34.8 Å². The highest BCUT2D eigenvalue weighted by molar-refractivity contribution is 7.89. The maximum Gasteiger partial charge on any atom is 0.244 e. The largest absolute Gasteiger partial charge is 0.495 e. The van der Waals surface area contributed by atoms with E-state index in [-0.39, 0.29) is 17.3 Å². The first kappa shape index (κ1) is 26.4. The summed E-state index contributed by atoms with van der Waals surface area (Å²) in [7, 11) is -2.12. The Morgan fingerprint density at radius 3 is 2.62 bits per heavy atom. The highest BCUT2D eigenvalue weighted by Gasteiger charge is 2.19. The summed E-state index contributed by atoms with van der Waals surface area (Å²) in [6, 6.07) is 15.7. The molecule has 0 radical (unpaired) electrons. The lowest BCUT2D eigenvalue weighted by Gasteiger charge is -2.11. The monoisotopic (exact) mass is 537 g/mol. The van der Waals surface area contributed by atoms with Crippen LogP contribution in [-0.4, -0.2) is 33.6 Å². The molecule has 0 saturated heterocycles. The number of sulfonamides is 1. The third-order valence-electron chi connectivity index (χ3n) is 5.21. The molecule has 2 aromatic heterocycles. The summed E-state index contributed by atoms with van der Waals surface area (Å²) in [6.07, 6.45) is 2.61. The summed E-state index contributed by atoms with van der Waals surface area (Å²) < 4.78 is 34.4. The van der Waals surface area contributed by atoms with Crippen LogP contribution in [0.4, 0.5) is 5.13 Å². The van der Waals surface area contributed by atoms with Crippen molar-refractivity contribution in [1.29, 1.82) is 0 Å². The smallest absolute Gasteiger partial charge is 0.244 e. The van der Waals surface area contributed by atoms with E-state index in [0.717, 1.165) is 42.2 Å². The number of thiophene rings is 1. The molecule has 2 aromatic carbocycles. The van der Waals surface area contributed by atoms with Gasteiger partial charge in [-0.3, -0.25) is 0 Å². The predicted octanol–water partition coefficient (Wildman–Crippen LogP) is 6.32. The predicted molar refractivity (Wildman–Crippen MR) is 145 cm³/mol. The molecule has 0 amide bonds. The number of nitrogens with one attached hydrogen (secondary N) is 2. The number of thiazole rings is 1.